The van der Waals surface area contributed by atoms with Crippen LogP contribution in [-0.4, -0.2) is 52.9 Å². The zero-order valence-electron chi connectivity index (χ0n) is 12.3. The summed E-state index contributed by atoms with van der Waals surface area (Å²) < 4.78 is 5.49. The van der Waals surface area contributed by atoms with Gasteiger partial charge in [0.25, 0.3) is 0 Å². The molecular formula is C13H23N5O2. The number of aliphatic hydroxyl groups is 1. The summed E-state index contributed by atoms with van der Waals surface area (Å²) in [6.45, 7) is 6.06. The molecule has 2 heterocycles. The lowest BCUT2D eigenvalue weighted by molar-refractivity contribution is 0.136. The average molecular weight is 281 g/mol. The van der Waals surface area contributed by atoms with Gasteiger partial charge in [0.15, 0.2) is 0 Å². The van der Waals surface area contributed by atoms with Gasteiger partial charge in [0.2, 0.25) is 11.9 Å². The van der Waals surface area contributed by atoms with Crippen LogP contribution in [0.2, 0.25) is 0 Å². The van der Waals surface area contributed by atoms with Crippen LogP contribution >= 0.6 is 0 Å². The second kappa shape index (κ2) is 6.69. The third kappa shape index (κ3) is 3.47. The van der Waals surface area contributed by atoms with Crippen molar-refractivity contribution in [2.75, 3.05) is 37.0 Å². The Morgan fingerprint density at radius 2 is 2.25 bits per heavy atom. The molecule has 7 nitrogen and oxygen atoms in total. The topological polar surface area (TPSA) is 83.4 Å². The molecule has 1 aromatic rings. The number of rotatable bonds is 6. The summed E-state index contributed by atoms with van der Waals surface area (Å²) >= 11 is 0. The lowest BCUT2D eigenvalue weighted by atomic mass is 10.0. The van der Waals surface area contributed by atoms with Crippen molar-refractivity contribution in [2.24, 2.45) is 5.92 Å². The fourth-order valence-corrected chi connectivity index (χ4v) is 2.22. The molecule has 2 unspecified atom stereocenters. The second-order valence-corrected chi connectivity index (χ2v) is 5.08. The Balaban J connectivity index is 2.14. The highest BCUT2D eigenvalue weighted by Gasteiger charge is 2.28. The number of hydrogen-bond acceptors (Lipinski definition) is 7. The standard InChI is InChI=1S/C13H23N5O2/c1-4-7-20-13-16-11(14-3)15-12(17-13)18-6-5-10(8-18)9(2)19/h9-10,19H,4-8H2,1-3H3,(H,14,15,16,17). The molecule has 0 spiro atoms. The first kappa shape index (κ1) is 14.8. The van der Waals surface area contributed by atoms with E-state index < -0.39 is 0 Å². The van der Waals surface area contributed by atoms with Crippen LogP contribution in [0.3, 0.4) is 0 Å². The highest BCUT2D eigenvalue weighted by atomic mass is 16.5. The van der Waals surface area contributed by atoms with Crippen LogP contribution in [0.1, 0.15) is 26.7 Å². The van der Waals surface area contributed by atoms with Crippen molar-refractivity contribution < 1.29 is 9.84 Å². The van der Waals surface area contributed by atoms with Gasteiger partial charge in [-0.05, 0) is 19.8 Å². The fourth-order valence-electron chi connectivity index (χ4n) is 2.22. The van der Waals surface area contributed by atoms with Crippen LogP contribution in [0.25, 0.3) is 0 Å². The molecule has 2 atom stereocenters. The van der Waals surface area contributed by atoms with Crippen LogP contribution in [0.15, 0.2) is 0 Å². The zero-order chi connectivity index (χ0) is 14.5. The highest BCUT2D eigenvalue weighted by Crippen LogP contribution is 2.24. The maximum Gasteiger partial charge on any atom is 0.323 e. The third-order valence-corrected chi connectivity index (χ3v) is 3.45. The van der Waals surface area contributed by atoms with Gasteiger partial charge in [-0.3, -0.25) is 0 Å². The first-order valence-corrected chi connectivity index (χ1v) is 7.13. The van der Waals surface area contributed by atoms with E-state index in [9.17, 15) is 5.11 Å². The number of aliphatic hydroxyl groups excluding tert-OH is 1. The molecule has 0 saturated carbocycles. The minimum atomic E-state index is -0.304. The maximum absolute atomic E-state index is 9.67. The van der Waals surface area contributed by atoms with E-state index in [2.05, 4.69) is 25.2 Å². The van der Waals surface area contributed by atoms with Gasteiger partial charge in [0.1, 0.15) is 0 Å². The molecule has 1 aliphatic heterocycles. The molecule has 2 N–H and O–H groups in total. The van der Waals surface area contributed by atoms with Crippen molar-refractivity contribution in [3.8, 4) is 6.01 Å². The Morgan fingerprint density at radius 3 is 2.85 bits per heavy atom. The van der Waals surface area contributed by atoms with Crippen LogP contribution in [0.4, 0.5) is 11.9 Å². The van der Waals surface area contributed by atoms with E-state index in [1.54, 1.807) is 7.05 Å². The minimum absolute atomic E-state index is 0.268. The lowest BCUT2D eigenvalue weighted by Crippen LogP contribution is -2.26. The van der Waals surface area contributed by atoms with Gasteiger partial charge in [-0.2, -0.15) is 15.0 Å². The van der Waals surface area contributed by atoms with E-state index in [1.165, 1.54) is 0 Å². The maximum atomic E-state index is 9.67. The van der Waals surface area contributed by atoms with Crippen molar-refractivity contribution in [3.63, 3.8) is 0 Å². The molecule has 1 aliphatic rings. The summed E-state index contributed by atoms with van der Waals surface area (Å²) in [4.78, 5) is 15.0. The van der Waals surface area contributed by atoms with Gasteiger partial charge < -0.3 is 20.1 Å². The number of ether oxygens (including phenoxy) is 1. The van der Waals surface area contributed by atoms with E-state index in [1.807, 2.05) is 13.8 Å². The normalized spacial score (nSPS) is 20.0. The SMILES string of the molecule is CCCOc1nc(NC)nc(N2CCC(C(C)O)C2)n1. The molecule has 0 aromatic carbocycles. The van der Waals surface area contributed by atoms with E-state index in [0.717, 1.165) is 25.9 Å². The Kier molecular flexibility index (Phi) is 4.94. The fraction of sp³-hybridized carbons (Fsp3) is 0.769. The summed E-state index contributed by atoms with van der Waals surface area (Å²) in [6, 6.07) is 0.349. The third-order valence-electron chi connectivity index (χ3n) is 3.45. The highest BCUT2D eigenvalue weighted by molar-refractivity contribution is 5.39. The number of aromatic nitrogens is 3. The first-order valence-electron chi connectivity index (χ1n) is 7.13. The molecule has 1 fully saturated rings. The molecule has 0 radical (unpaired) electrons. The first-order chi connectivity index (χ1) is 9.63. The van der Waals surface area contributed by atoms with E-state index in [-0.39, 0.29) is 12.0 Å². The van der Waals surface area contributed by atoms with Crippen molar-refractivity contribution >= 4 is 11.9 Å². The van der Waals surface area contributed by atoms with Gasteiger partial charge in [-0.25, -0.2) is 0 Å². The minimum Gasteiger partial charge on any atom is -0.463 e. The number of hydrogen-bond donors (Lipinski definition) is 2. The van der Waals surface area contributed by atoms with Gasteiger partial charge in [-0.15, -0.1) is 0 Å². The Morgan fingerprint density at radius 1 is 1.45 bits per heavy atom. The predicted octanol–water partition coefficient (Wildman–Crippen LogP) is 0.909. The van der Waals surface area contributed by atoms with Gasteiger partial charge in [0.05, 0.1) is 12.7 Å². The van der Waals surface area contributed by atoms with Crippen molar-refractivity contribution in [3.05, 3.63) is 0 Å². The van der Waals surface area contributed by atoms with Crippen LogP contribution in [-0.2, 0) is 0 Å². The molecular weight excluding hydrogens is 258 g/mol. The van der Waals surface area contributed by atoms with E-state index in [0.29, 0.717) is 24.5 Å². The molecule has 112 valence electrons. The molecule has 0 aliphatic carbocycles. The monoisotopic (exact) mass is 281 g/mol. The van der Waals surface area contributed by atoms with Crippen molar-refractivity contribution in [2.45, 2.75) is 32.8 Å². The van der Waals surface area contributed by atoms with Crippen LogP contribution < -0.4 is 15.0 Å². The number of nitrogens with zero attached hydrogens (tertiary/aromatic N) is 4. The molecule has 1 saturated heterocycles. The smallest absolute Gasteiger partial charge is 0.323 e. The van der Waals surface area contributed by atoms with Crippen LogP contribution in [0.5, 0.6) is 6.01 Å². The van der Waals surface area contributed by atoms with Gasteiger partial charge >= 0.3 is 6.01 Å². The summed E-state index contributed by atoms with van der Waals surface area (Å²) in [5, 5.41) is 12.6. The summed E-state index contributed by atoms with van der Waals surface area (Å²) in [7, 11) is 1.77. The Labute approximate surface area is 119 Å². The van der Waals surface area contributed by atoms with Crippen molar-refractivity contribution in [1.29, 1.82) is 0 Å². The Bertz CT molecular complexity index is 441. The Hall–Kier alpha value is -1.63. The average Bonchev–Trinajstić information content (AvgIpc) is 2.94. The van der Waals surface area contributed by atoms with Crippen LogP contribution in [0, 0.1) is 5.92 Å². The molecule has 20 heavy (non-hydrogen) atoms. The summed E-state index contributed by atoms with van der Waals surface area (Å²) in [5.74, 6) is 1.38. The number of nitrogens with one attached hydrogen (secondary N) is 1. The van der Waals surface area contributed by atoms with E-state index in [4.69, 9.17) is 4.74 Å². The molecule has 1 aromatic heterocycles. The zero-order valence-corrected chi connectivity index (χ0v) is 12.3. The molecule has 2 rings (SSSR count). The quantitative estimate of drug-likeness (QED) is 0.801. The van der Waals surface area contributed by atoms with E-state index >= 15 is 0 Å². The van der Waals surface area contributed by atoms with Crippen molar-refractivity contribution in [1.82, 2.24) is 15.0 Å². The molecule has 0 bridgehead atoms. The van der Waals surface area contributed by atoms with Gasteiger partial charge in [-0.1, -0.05) is 6.92 Å². The predicted molar refractivity (Wildman–Crippen MR) is 77.2 cm³/mol. The summed E-state index contributed by atoms with van der Waals surface area (Å²) in [6.07, 6.45) is 1.55. The largest absolute Gasteiger partial charge is 0.463 e. The van der Waals surface area contributed by atoms with Gasteiger partial charge in [0, 0.05) is 26.1 Å². The second-order valence-electron chi connectivity index (χ2n) is 5.08. The lowest BCUT2D eigenvalue weighted by Gasteiger charge is -2.18. The summed E-state index contributed by atoms with van der Waals surface area (Å²) in [5.41, 5.74) is 0. The number of anilines is 2. The molecule has 7 heteroatoms. The molecule has 0 amide bonds.